The molecular weight excluding hydrogens is 468 g/mol. The number of ether oxygens (including phenoxy) is 1. The van der Waals surface area contributed by atoms with Crippen molar-refractivity contribution in [1.29, 1.82) is 0 Å². The Labute approximate surface area is 208 Å². The summed E-state index contributed by atoms with van der Waals surface area (Å²) in [5, 5.41) is 0. The number of methoxy groups -OCH3 is 1. The molecule has 0 N–H and O–H groups in total. The van der Waals surface area contributed by atoms with Crippen LogP contribution >= 0.6 is 0 Å². The molecule has 1 saturated heterocycles. The Morgan fingerprint density at radius 2 is 1.97 bits per heavy atom. The summed E-state index contributed by atoms with van der Waals surface area (Å²) < 4.78 is 38.7. The van der Waals surface area contributed by atoms with Crippen LogP contribution in [0.25, 0.3) is 0 Å². The second-order valence-corrected chi connectivity index (χ2v) is 8.99. The maximum Gasteiger partial charge on any atom is 0.289 e. The fraction of sp³-hybridized carbons (Fsp3) is 0.370. The van der Waals surface area contributed by atoms with E-state index in [0.717, 1.165) is 6.07 Å². The summed E-state index contributed by atoms with van der Waals surface area (Å²) in [6.45, 7) is 1.23. The summed E-state index contributed by atoms with van der Waals surface area (Å²) in [7, 11) is 3.25. The first-order valence-electron chi connectivity index (χ1n) is 11.9. The van der Waals surface area contributed by atoms with Crippen molar-refractivity contribution in [2.24, 2.45) is 5.92 Å². The quantitative estimate of drug-likeness (QED) is 0.463. The number of benzene rings is 1. The Balaban J connectivity index is 1.50. The van der Waals surface area contributed by atoms with Crippen LogP contribution in [0.1, 0.15) is 45.1 Å². The van der Waals surface area contributed by atoms with Gasteiger partial charge in [-0.1, -0.05) is 6.07 Å². The minimum absolute atomic E-state index is 0.00442. The molecule has 0 spiro atoms. The topological polar surface area (TPSA) is 75.9 Å². The summed E-state index contributed by atoms with van der Waals surface area (Å²) in [4.78, 5) is 33.5. The number of carbonyl (C=O) groups excluding carboxylic acids is 2. The molecule has 190 valence electrons. The number of hydrogen-bond acceptors (Lipinski definition) is 5. The van der Waals surface area contributed by atoms with Crippen molar-refractivity contribution >= 4 is 11.8 Å². The van der Waals surface area contributed by atoms with E-state index in [1.165, 1.54) is 18.3 Å². The van der Waals surface area contributed by atoms with Gasteiger partial charge >= 0.3 is 0 Å². The third-order valence-electron chi connectivity index (χ3n) is 6.70. The van der Waals surface area contributed by atoms with Crippen molar-refractivity contribution in [3.8, 4) is 0 Å². The SMILES string of the molecule is COCc1ccc(C(=O)N2CCC([C@H](Cc3ccc(F)cc3F)N(C)C(=O)c3cccnc3)CC2)o1. The maximum atomic E-state index is 14.6. The second kappa shape index (κ2) is 11.4. The summed E-state index contributed by atoms with van der Waals surface area (Å²) >= 11 is 0. The van der Waals surface area contributed by atoms with Crippen molar-refractivity contribution in [2.45, 2.75) is 31.9 Å². The highest BCUT2D eigenvalue weighted by Gasteiger charge is 2.34. The molecule has 1 aliphatic rings. The molecule has 4 rings (SSSR count). The van der Waals surface area contributed by atoms with E-state index in [9.17, 15) is 18.4 Å². The van der Waals surface area contributed by atoms with E-state index < -0.39 is 11.6 Å². The Morgan fingerprint density at radius 1 is 1.19 bits per heavy atom. The Bertz CT molecular complexity index is 1190. The molecule has 36 heavy (non-hydrogen) atoms. The predicted molar refractivity (Wildman–Crippen MR) is 128 cm³/mol. The Kier molecular flexibility index (Phi) is 8.10. The second-order valence-electron chi connectivity index (χ2n) is 8.99. The van der Waals surface area contributed by atoms with Crippen molar-refractivity contribution in [3.05, 3.63) is 89.1 Å². The fourth-order valence-electron chi connectivity index (χ4n) is 4.73. The van der Waals surface area contributed by atoms with Crippen LogP contribution in [0.3, 0.4) is 0 Å². The monoisotopic (exact) mass is 497 g/mol. The molecule has 7 nitrogen and oxygen atoms in total. The van der Waals surface area contributed by atoms with Crippen LogP contribution < -0.4 is 0 Å². The summed E-state index contributed by atoms with van der Waals surface area (Å²) in [5.74, 6) is -0.871. The first-order valence-corrected chi connectivity index (χ1v) is 11.9. The zero-order valence-electron chi connectivity index (χ0n) is 20.3. The third kappa shape index (κ3) is 5.79. The lowest BCUT2D eigenvalue weighted by molar-refractivity contribution is 0.0503. The summed E-state index contributed by atoms with van der Waals surface area (Å²) in [6, 6.07) is 9.88. The van der Waals surface area contributed by atoms with E-state index in [0.29, 0.717) is 42.8 Å². The molecule has 9 heteroatoms. The maximum absolute atomic E-state index is 14.6. The van der Waals surface area contributed by atoms with Crippen LogP contribution in [-0.2, 0) is 17.8 Å². The van der Waals surface area contributed by atoms with Gasteiger partial charge in [-0.05, 0) is 61.1 Å². The van der Waals surface area contributed by atoms with Gasteiger partial charge in [-0.25, -0.2) is 8.78 Å². The molecule has 0 unspecified atom stereocenters. The van der Waals surface area contributed by atoms with Crippen LogP contribution in [0.15, 0.2) is 59.3 Å². The van der Waals surface area contributed by atoms with Crippen LogP contribution in [0.5, 0.6) is 0 Å². The predicted octanol–water partition coefficient (Wildman–Crippen LogP) is 4.33. The van der Waals surface area contributed by atoms with E-state index in [2.05, 4.69) is 4.98 Å². The molecule has 1 fully saturated rings. The number of pyridine rings is 1. The minimum atomic E-state index is -0.647. The first-order chi connectivity index (χ1) is 17.4. The molecule has 1 atom stereocenters. The highest BCUT2D eigenvalue weighted by Crippen LogP contribution is 2.29. The molecule has 1 aliphatic heterocycles. The van der Waals surface area contributed by atoms with E-state index >= 15 is 0 Å². The van der Waals surface area contributed by atoms with Gasteiger partial charge in [-0.2, -0.15) is 0 Å². The van der Waals surface area contributed by atoms with Gasteiger partial charge in [0.1, 0.15) is 24.0 Å². The lowest BCUT2D eigenvalue weighted by Gasteiger charge is -2.40. The summed E-state index contributed by atoms with van der Waals surface area (Å²) in [5.41, 5.74) is 0.772. The van der Waals surface area contributed by atoms with Crippen LogP contribution in [0, 0.1) is 17.6 Å². The number of rotatable bonds is 8. The molecular formula is C27H29F2N3O4. The Morgan fingerprint density at radius 3 is 2.64 bits per heavy atom. The smallest absolute Gasteiger partial charge is 0.289 e. The number of amides is 2. The Hall–Kier alpha value is -3.59. The van der Waals surface area contributed by atoms with Gasteiger partial charge in [0.05, 0.1) is 5.56 Å². The van der Waals surface area contributed by atoms with E-state index in [4.69, 9.17) is 9.15 Å². The highest BCUT2D eigenvalue weighted by atomic mass is 19.1. The van der Waals surface area contributed by atoms with Crippen molar-refractivity contribution in [3.63, 3.8) is 0 Å². The summed E-state index contributed by atoms with van der Waals surface area (Å²) in [6.07, 6.45) is 4.56. The number of aromatic nitrogens is 1. The molecule has 1 aromatic carbocycles. The van der Waals surface area contributed by atoms with Gasteiger partial charge in [0.2, 0.25) is 0 Å². The van der Waals surface area contributed by atoms with Crippen LogP contribution in [-0.4, -0.2) is 59.9 Å². The standard InChI is InChI=1S/C27H29F2N3O4/c1-31(26(33)20-4-3-11-30-16-20)24(14-19-5-6-21(28)15-23(19)29)18-9-12-32(13-10-18)27(34)25-8-7-22(36-25)17-35-2/h3-8,11,15-16,18,24H,9-10,12-14,17H2,1-2H3/t24-/m0/s1. The highest BCUT2D eigenvalue weighted by molar-refractivity contribution is 5.94. The normalized spacial score (nSPS) is 15.1. The van der Waals surface area contributed by atoms with Gasteiger partial charge in [0, 0.05) is 51.7 Å². The molecule has 2 amide bonds. The van der Waals surface area contributed by atoms with Gasteiger partial charge in [-0.15, -0.1) is 0 Å². The number of nitrogens with zero attached hydrogens (tertiary/aromatic N) is 3. The van der Waals surface area contributed by atoms with Crippen molar-refractivity contribution < 1.29 is 27.5 Å². The zero-order valence-corrected chi connectivity index (χ0v) is 20.3. The fourth-order valence-corrected chi connectivity index (χ4v) is 4.73. The zero-order chi connectivity index (χ0) is 25.7. The first kappa shape index (κ1) is 25.5. The minimum Gasteiger partial charge on any atom is -0.453 e. The lowest BCUT2D eigenvalue weighted by Crippen LogP contribution is -2.48. The van der Waals surface area contributed by atoms with E-state index in [1.807, 2.05) is 0 Å². The average Bonchev–Trinajstić information content (AvgIpc) is 3.36. The van der Waals surface area contributed by atoms with Gasteiger partial charge in [0.25, 0.3) is 11.8 Å². The molecule has 0 saturated carbocycles. The molecule has 0 radical (unpaired) electrons. The number of likely N-dealkylation sites (tertiary alicyclic amines) is 1. The number of carbonyl (C=O) groups is 2. The van der Waals surface area contributed by atoms with Crippen LogP contribution in [0.2, 0.25) is 0 Å². The molecule has 3 aromatic rings. The van der Waals surface area contributed by atoms with Gasteiger partial charge in [0.15, 0.2) is 5.76 Å². The van der Waals surface area contributed by atoms with E-state index in [-0.39, 0.29) is 42.6 Å². The average molecular weight is 498 g/mol. The number of halogens is 2. The van der Waals surface area contributed by atoms with Gasteiger partial charge < -0.3 is 19.0 Å². The lowest BCUT2D eigenvalue weighted by atomic mass is 9.84. The number of hydrogen-bond donors (Lipinski definition) is 0. The molecule has 3 heterocycles. The number of likely N-dealkylation sites (N-methyl/N-ethyl adjacent to an activating group) is 1. The number of furan rings is 1. The third-order valence-corrected chi connectivity index (χ3v) is 6.70. The van der Waals surface area contributed by atoms with Crippen molar-refractivity contribution in [1.82, 2.24) is 14.8 Å². The molecule has 2 aromatic heterocycles. The largest absolute Gasteiger partial charge is 0.453 e. The van der Waals surface area contributed by atoms with E-state index in [1.54, 1.807) is 54.4 Å². The molecule has 0 aliphatic carbocycles. The molecule has 0 bridgehead atoms. The van der Waals surface area contributed by atoms with Crippen LogP contribution in [0.4, 0.5) is 8.78 Å². The van der Waals surface area contributed by atoms with Gasteiger partial charge in [-0.3, -0.25) is 14.6 Å². The number of piperidine rings is 1. The van der Waals surface area contributed by atoms with Crippen molar-refractivity contribution in [2.75, 3.05) is 27.2 Å².